The molecular weight excluding hydrogens is 340 g/mol. The average molecular weight is 351 g/mol. The molecule has 0 saturated heterocycles. The Balaban J connectivity index is 2.27. The van der Waals surface area contributed by atoms with Gasteiger partial charge in [0.15, 0.2) is 0 Å². The Bertz CT molecular complexity index is 749. The molecule has 4 nitrogen and oxygen atoms in total. The zero-order valence-corrected chi connectivity index (χ0v) is 12.8. The van der Waals surface area contributed by atoms with Crippen molar-refractivity contribution >= 4 is 31.6 Å². The fourth-order valence-electron chi connectivity index (χ4n) is 1.63. The third-order valence-electron chi connectivity index (χ3n) is 2.64. The van der Waals surface area contributed by atoms with Gasteiger partial charge in [-0.15, -0.1) is 0 Å². The first-order valence-electron chi connectivity index (χ1n) is 5.76. The Kier molecular flexibility index (Phi) is 4.42. The van der Waals surface area contributed by atoms with E-state index in [9.17, 15) is 8.42 Å². The van der Waals surface area contributed by atoms with E-state index in [1.165, 1.54) is 12.1 Å². The normalized spacial score (nSPS) is 10.8. The van der Waals surface area contributed by atoms with Gasteiger partial charge in [-0.25, -0.2) is 8.42 Å². The number of para-hydroxylation sites is 1. The zero-order valence-electron chi connectivity index (χ0n) is 10.4. The van der Waals surface area contributed by atoms with Gasteiger partial charge in [0.05, 0.1) is 23.1 Å². The second-order valence-electron chi connectivity index (χ2n) is 4.06. The molecule has 0 aliphatic rings. The van der Waals surface area contributed by atoms with Crippen molar-refractivity contribution in [1.82, 2.24) is 0 Å². The smallest absolute Gasteiger partial charge is 0.261 e. The Morgan fingerprint density at radius 3 is 2.35 bits per heavy atom. The minimum atomic E-state index is -3.63. The van der Waals surface area contributed by atoms with Crippen LogP contribution in [0.15, 0.2) is 57.9 Å². The van der Waals surface area contributed by atoms with Crippen LogP contribution in [0.4, 0.5) is 5.69 Å². The third-order valence-corrected chi connectivity index (χ3v) is 4.71. The molecule has 0 saturated carbocycles. The summed E-state index contributed by atoms with van der Waals surface area (Å²) in [5.41, 5.74) is 1.26. The topological polar surface area (TPSA) is 70.0 Å². The van der Waals surface area contributed by atoms with Crippen LogP contribution in [0.25, 0.3) is 0 Å². The molecule has 0 bridgehead atoms. The minimum absolute atomic E-state index is 0.162. The first-order valence-corrected chi connectivity index (χ1v) is 8.04. The summed E-state index contributed by atoms with van der Waals surface area (Å²) in [6, 6.07) is 15.3. The maximum atomic E-state index is 12.2. The molecular formula is C14H11BrN2O2S. The largest absolute Gasteiger partial charge is 0.278 e. The van der Waals surface area contributed by atoms with E-state index in [0.717, 1.165) is 5.56 Å². The highest BCUT2D eigenvalue weighted by molar-refractivity contribution is 9.10. The van der Waals surface area contributed by atoms with Gasteiger partial charge in [0, 0.05) is 4.47 Å². The van der Waals surface area contributed by atoms with Crippen molar-refractivity contribution in [2.24, 2.45) is 0 Å². The maximum Gasteiger partial charge on any atom is 0.261 e. The van der Waals surface area contributed by atoms with Gasteiger partial charge < -0.3 is 0 Å². The SMILES string of the molecule is N#CCc1ccc(S(=O)(=O)Nc2ccccc2Br)cc1. The molecule has 0 amide bonds. The van der Waals surface area contributed by atoms with E-state index in [0.29, 0.717) is 10.2 Å². The number of hydrogen-bond acceptors (Lipinski definition) is 3. The molecule has 0 fully saturated rings. The Hall–Kier alpha value is -1.84. The number of nitrogens with zero attached hydrogens (tertiary/aromatic N) is 1. The molecule has 0 aliphatic carbocycles. The minimum Gasteiger partial charge on any atom is -0.278 e. The van der Waals surface area contributed by atoms with Crippen LogP contribution in [0, 0.1) is 11.3 Å². The van der Waals surface area contributed by atoms with Crippen molar-refractivity contribution in [3.8, 4) is 6.07 Å². The van der Waals surface area contributed by atoms with Crippen molar-refractivity contribution in [2.45, 2.75) is 11.3 Å². The number of sulfonamides is 1. The quantitative estimate of drug-likeness (QED) is 0.919. The van der Waals surface area contributed by atoms with Crippen molar-refractivity contribution in [3.05, 3.63) is 58.6 Å². The first kappa shape index (κ1) is 14.6. The molecule has 2 aromatic rings. The standard InChI is InChI=1S/C14H11BrN2O2S/c15-13-3-1-2-4-14(13)17-20(18,19)12-7-5-11(6-8-12)9-10-16/h1-8,17H,9H2. The summed E-state index contributed by atoms with van der Waals surface area (Å²) >= 11 is 3.29. The fourth-order valence-corrected chi connectivity index (χ4v) is 3.22. The zero-order chi connectivity index (χ0) is 14.6. The Morgan fingerprint density at radius 1 is 1.10 bits per heavy atom. The van der Waals surface area contributed by atoms with Gasteiger partial charge in [0.1, 0.15) is 0 Å². The lowest BCUT2D eigenvalue weighted by molar-refractivity contribution is 0.601. The van der Waals surface area contributed by atoms with Gasteiger partial charge in [-0.3, -0.25) is 4.72 Å². The molecule has 102 valence electrons. The summed E-state index contributed by atoms with van der Waals surface area (Å²) in [5, 5.41) is 8.59. The number of hydrogen-bond donors (Lipinski definition) is 1. The van der Waals surface area contributed by atoms with Crippen LogP contribution in [0.2, 0.25) is 0 Å². The number of benzene rings is 2. The second kappa shape index (κ2) is 6.07. The van der Waals surface area contributed by atoms with Crippen molar-refractivity contribution < 1.29 is 8.42 Å². The molecule has 1 N–H and O–H groups in total. The van der Waals surface area contributed by atoms with Crippen molar-refractivity contribution in [3.63, 3.8) is 0 Å². The summed E-state index contributed by atoms with van der Waals surface area (Å²) in [4.78, 5) is 0.162. The highest BCUT2D eigenvalue weighted by atomic mass is 79.9. The molecule has 0 aromatic heterocycles. The van der Waals surface area contributed by atoms with Gasteiger partial charge in [0.2, 0.25) is 0 Å². The lowest BCUT2D eigenvalue weighted by Crippen LogP contribution is -2.13. The predicted octanol–water partition coefficient (Wildman–Crippen LogP) is 3.32. The summed E-state index contributed by atoms with van der Waals surface area (Å²) in [7, 11) is -3.63. The number of halogens is 1. The van der Waals surface area contributed by atoms with Gasteiger partial charge in [-0.2, -0.15) is 5.26 Å². The van der Waals surface area contributed by atoms with E-state index in [4.69, 9.17) is 5.26 Å². The molecule has 2 aromatic carbocycles. The fraction of sp³-hybridized carbons (Fsp3) is 0.0714. The summed E-state index contributed by atoms with van der Waals surface area (Å²) in [6.45, 7) is 0. The number of anilines is 1. The van der Waals surface area contributed by atoms with Gasteiger partial charge >= 0.3 is 0 Å². The van der Waals surface area contributed by atoms with Crippen LogP contribution in [0.5, 0.6) is 0 Å². The Labute approximate surface area is 126 Å². The molecule has 0 spiro atoms. The van der Waals surface area contributed by atoms with Crippen LogP contribution >= 0.6 is 15.9 Å². The highest BCUT2D eigenvalue weighted by Gasteiger charge is 2.15. The molecule has 2 rings (SSSR count). The summed E-state index contributed by atoms with van der Waals surface area (Å²) in [6.07, 6.45) is 0.262. The van der Waals surface area contributed by atoms with Gasteiger partial charge in [-0.05, 0) is 45.8 Å². The van der Waals surface area contributed by atoms with Crippen LogP contribution in [0.3, 0.4) is 0 Å². The average Bonchev–Trinajstić information content (AvgIpc) is 2.42. The first-order chi connectivity index (χ1) is 9.53. The lowest BCUT2D eigenvalue weighted by atomic mass is 10.2. The van der Waals surface area contributed by atoms with E-state index in [1.54, 1.807) is 36.4 Å². The molecule has 0 atom stereocenters. The highest BCUT2D eigenvalue weighted by Crippen LogP contribution is 2.24. The van der Waals surface area contributed by atoms with E-state index in [1.807, 2.05) is 6.07 Å². The summed E-state index contributed by atoms with van der Waals surface area (Å²) in [5.74, 6) is 0. The van der Waals surface area contributed by atoms with E-state index < -0.39 is 10.0 Å². The number of nitriles is 1. The van der Waals surface area contributed by atoms with Gasteiger partial charge in [0.25, 0.3) is 10.0 Å². The van der Waals surface area contributed by atoms with E-state index in [-0.39, 0.29) is 11.3 Å². The third kappa shape index (κ3) is 3.38. The van der Waals surface area contributed by atoms with E-state index >= 15 is 0 Å². The van der Waals surface area contributed by atoms with Crippen LogP contribution < -0.4 is 4.72 Å². The monoisotopic (exact) mass is 350 g/mol. The van der Waals surface area contributed by atoms with Crippen LogP contribution in [-0.2, 0) is 16.4 Å². The molecule has 0 unspecified atom stereocenters. The molecule has 20 heavy (non-hydrogen) atoms. The summed E-state index contributed by atoms with van der Waals surface area (Å²) < 4.78 is 27.6. The molecule has 6 heteroatoms. The second-order valence-corrected chi connectivity index (χ2v) is 6.60. The molecule has 0 heterocycles. The van der Waals surface area contributed by atoms with Crippen LogP contribution in [0.1, 0.15) is 5.56 Å². The maximum absolute atomic E-state index is 12.2. The van der Waals surface area contributed by atoms with Gasteiger partial charge in [-0.1, -0.05) is 24.3 Å². The van der Waals surface area contributed by atoms with Crippen LogP contribution in [-0.4, -0.2) is 8.42 Å². The van der Waals surface area contributed by atoms with Crippen molar-refractivity contribution in [1.29, 1.82) is 5.26 Å². The van der Waals surface area contributed by atoms with Crippen molar-refractivity contribution in [2.75, 3.05) is 4.72 Å². The number of rotatable bonds is 4. The predicted molar refractivity (Wildman–Crippen MR) is 80.7 cm³/mol. The molecule has 0 radical (unpaired) electrons. The Morgan fingerprint density at radius 2 is 1.75 bits per heavy atom. The van der Waals surface area contributed by atoms with E-state index in [2.05, 4.69) is 20.7 Å². The number of nitrogens with one attached hydrogen (secondary N) is 1. The lowest BCUT2D eigenvalue weighted by Gasteiger charge is -2.09. The molecule has 0 aliphatic heterocycles.